The van der Waals surface area contributed by atoms with Crippen LogP contribution in [0.25, 0.3) is 22.9 Å². The molecule has 2 nitrogen and oxygen atoms in total. The standard InChI is InChI=1S/C20H15FN2S/c1-2-14-3-5-15(6-4-14)11-17(12-22)20-23-19(13-24-20)16-7-9-18(21)10-8-16/h3-11,13H,2H2,1H3/b17-11-. The van der Waals surface area contributed by atoms with Gasteiger partial charge in [0.25, 0.3) is 0 Å². The maximum absolute atomic E-state index is 13.0. The summed E-state index contributed by atoms with van der Waals surface area (Å²) in [4.78, 5) is 4.52. The average Bonchev–Trinajstić information content (AvgIpc) is 3.10. The lowest BCUT2D eigenvalue weighted by molar-refractivity contribution is 0.628. The molecule has 0 amide bonds. The summed E-state index contributed by atoms with van der Waals surface area (Å²) in [7, 11) is 0. The first-order valence-corrected chi connectivity index (χ1v) is 8.50. The number of rotatable bonds is 4. The van der Waals surface area contributed by atoms with Crippen LogP contribution >= 0.6 is 11.3 Å². The highest BCUT2D eigenvalue weighted by molar-refractivity contribution is 7.11. The average molecular weight is 334 g/mol. The largest absolute Gasteiger partial charge is 0.235 e. The second-order valence-electron chi connectivity index (χ2n) is 5.31. The molecule has 0 saturated heterocycles. The fourth-order valence-corrected chi connectivity index (χ4v) is 3.10. The molecule has 3 rings (SSSR count). The predicted molar refractivity (Wildman–Crippen MR) is 96.8 cm³/mol. The highest BCUT2D eigenvalue weighted by Gasteiger charge is 2.09. The van der Waals surface area contributed by atoms with Crippen LogP contribution in [-0.2, 0) is 6.42 Å². The minimum atomic E-state index is -0.276. The van der Waals surface area contributed by atoms with Gasteiger partial charge in [-0.3, -0.25) is 0 Å². The molecule has 0 bridgehead atoms. The Labute approximate surface area is 144 Å². The van der Waals surface area contributed by atoms with Gasteiger partial charge < -0.3 is 0 Å². The molecule has 0 N–H and O–H groups in total. The maximum atomic E-state index is 13.0. The fourth-order valence-electron chi connectivity index (χ4n) is 2.31. The Kier molecular flexibility index (Phi) is 4.83. The molecular weight excluding hydrogens is 319 g/mol. The molecule has 1 heterocycles. The molecule has 1 aromatic heterocycles. The zero-order valence-electron chi connectivity index (χ0n) is 13.2. The molecule has 0 aliphatic heterocycles. The zero-order valence-corrected chi connectivity index (χ0v) is 14.0. The molecule has 0 fully saturated rings. The molecule has 0 radical (unpaired) electrons. The second kappa shape index (κ2) is 7.20. The van der Waals surface area contributed by atoms with Crippen LogP contribution in [0.2, 0.25) is 0 Å². The minimum Gasteiger partial charge on any atom is -0.235 e. The van der Waals surface area contributed by atoms with E-state index in [1.54, 1.807) is 12.1 Å². The number of aryl methyl sites for hydroxylation is 1. The van der Waals surface area contributed by atoms with E-state index in [1.165, 1.54) is 29.0 Å². The first-order valence-electron chi connectivity index (χ1n) is 7.62. The lowest BCUT2D eigenvalue weighted by atomic mass is 10.1. The number of hydrogen-bond donors (Lipinski definition) is 0. The maximum Gasteiger partial charge on any atom is 0.134 e. The van der Waals surface area contributed by atoms with Gasteiger partial charge in [0.1, 0.15) is 16.9 Å². The van der Waals surface area contributed by atoms with Crippen molar-refractivity contribution in [1.82, 2.24) is 4.98 Å². The molecular formula is C20H15FN2S. The monoisotopic (exact) mass is 334 g/mol. The van der Waals surface area contributed by atoms with Gasteiger partial charge in [-0.1, -0.05) is 31.2 Å². The van der Waals surface area contributed by atoms with Crippen molar-refractivity contribution < 1.29 is 4.39 Å². The number of nitriles is 1. The molecule has 118 valence electrons. The molecule has 0 unspecified atom stereocenters. The Balaban J connectivity index is 1.90. The van der Waals surface area contributed by atoms with Crippen LogP contribution in [0.4, 0.5) is 4.39 Å². The Morgan fingerprint density at radius 1 is 1.17 bits per heavy atom. The summed E-state index contributed by atoms with van der Waals surface area (Å²) < 4.78 is 13.0. The molecule has 0 aliphatic carbocycles. The lowest BCUT2D eigenvalue weighted by Gasteiger charge is -1.99. The van der Waals surface area contributed by atoms with Gasteiger partial charge >= 0.3 is 0 Å². The van der Waals surface area contributed by atoms with Crippen LogP contribution in [0, 0.1) is 17.1 Å². The van der Waals surface area contributed by atoms with Gasteiger partial charge in [0.05, 0.1) is 11.3 Å². The van der Waals surface area contributed by atoms with E-state index < -0.39 is 0 Å². The van der Waals surface area contributed by atoms with Crippen molar-refractivity contribution in [3.8, 4) is 17.3 Å². The third kappa shape index (κ3) is 3.58. The molecule has 24 heavy (non-hydrogen) atoms. The van der Waals surface area contributed by atoms with E-state index in [2.05, 4.69) is 30.1 Å². The minimum absolute atomic E-state index is 0.276. The summed E-state index contributed by atoms with van der Waals surface area (Å²) in [6.07, 6.45) is 2.83. The first-order chi connectivity index (χ1) is 11.7. The van der Waals surface area contributed by atoms with Crippen molar-refractivity contribution in [2.24, 2.45) is 0 Å². The number of hydrogen-bond acceptors (Lipinski definition) is 3. The molecule has 4 heteroatoms. The van der Waals surface area contributed by atoms with Crippen LogP contribution in [0.15, 0.2) is 53.9 Å². The van der Waals surface area contributed by atoms with E-state index in [1.807, 2.05) is 23.6 Å². The summed E-state index contributed by atoms with van der Waals surface area (Å²) in [5, 5.41) is 12.0. The van der Waals surface area contributed by atoms with Crippen LogP contribution < -0.4 is 0 Å². The van der Waals surface area contributed by atoms with Gasteiger partial charge in [-0.25, -0.2) is 9.37 Å². The Hall–Kier alpha value is -2.77. The van der Waals surface area contributed by atoms with E-state index in [4.69, 9.17) is 0 Å². The molecule has 0 saturated carbocycles. The highest BCUT2D eigenvalue weighted by atomic mass is 32.1. The molecule has 2 aromatic carbocycles. The summed E-state index contributed by atoms with van der Waals surface area (Å²) in [6.45, 7) is 2.11. The quantitative estimate of drug-likeness (QED) is 0.584. The van der Waals surface area contributed by atoms with Gasteiger partial charge in [0, 0.05) is 10.9 Å². The number of halogens is 1. The van der Waals surface area contributed by atoms with Gasteiger partial charge in [-0.15, -0.1) is 11.3 Å². The van der Waals surface area contributed by atoms with Crippen molar-refractivity contribution in [2.75, 3.05) is 0 Å². The van der Waals surface area contributed by atoms with Crippen molar-refractivity contribution in [1.29, 1.82) is 5.26 Å². The topological polar surface area (TPSA) is 36.7 Å². The van der Waals surface area contributed by atoms with Gasteiger partial charge in [0.2, 0.25) is 0 Å². The molecule has 0 atom stereocenters. The third-order valence-electron chi connectivity index (χ3n) is 3.69. The highest BCUT2D eigenvalue weighted by Crippen LogP contribution is 2.27. The Morgan fingerprint density at radius 2 is 1.88 bits per heavy atom. The van der Waals surface area contributed by atoms with Crippen LogP contribution in [0.3, 0.4) is 0 Å². The van der Waals surface area contributed by atoms with Gasteiger partial charge in [0.15, 0.2) is 0 Å². The van der Waals surface area contributed by atoms with Crippen LogP contribution in [0.1, 0.15) is 23.1 Å². The van der Waals surface area contributed by atoms with E-state index >= 15 is 0 Å². The van der Waals surface area contributed by atoms with Crippen LogP contribution in [-0.4, -0.2) is 4.98 Å². The summed E-state index contributed by atoms with van der Waals surface area (Å²) in [5.74, 6) is -0.276. The van der Waals surface area contributed by atoms with Gasteiger partial charge in [-0.05, 0) is 47.9 Å². The SMILES string of the molecule is CCc1ccc(/C=C(/C#N)c2nc(-c3ccc(F)cc3)cs2)cc1. The van der Waals surface area contributed by atoms with E-state index in [0.29, 0.717) is 10.6 Å². The lowest BCUT2D eigenvalue weighted by Crippen LogP contribution is -1.84. The van der Waals surface area contributed by atoms with Crippen molar-refractivity contribution in [3.63, 3.8) is 0 Å². The smallest absolute Gasteiger partial charge is 0.134 e. The summed E-state index contributed by atoms with van der Waals surface area (Å²) >= 11 is 1.41. The normalized spacial score (nSPS) is 11.3. The number of thiazole rings is 1. The molecule has 3 aromatic rings. The number of nitrogens with zero attached hydrogens (tertiary/aromatic N) is 2. The van der Waals surface area contributed by atoms with Crippen LogP contribution in [0.5, 0.6) is 0 Å². The fraction of sp³-hybridized carbons (Fsp3) is 0.100. The third-order valence-corrected chi connectivity index (χ3v) is 4.57. The van der Waals surface area contributed by atoms with E-state index in [-0.39, 0.29) is 5.82 Å². The molecule has 0 spiro atoms. The number of allylic oxidation sites excluding steroid dienone is 1. The summed E-state index contributed by atoms with van der Waals surface area (Å²) in [6, 6.07) is 16.5. The second-order valence-corrected chi connectivity index (χ2v) is 6.17. The number of benzene rings is 2. The molecule has 0 aliphatic rings. The van der Waals surface area contributed by atoms with Crippen molar-refractivity contribution in [3.05, 3.63) is 75.9 Å². The van der Waals surface area contributed by atoms with E-state index in [9.17, 15) is 9.65 Å². The summed E-state index contributed by atoms with van der Waals surface area (Å²) in [5.41, 5.74) is 4.35. The van der Waals surface area contributed by atoms with E-state index in [0.717, 1.165) is 23.2 Å². The van der Waals surface area contributed by atoms with Crippen molar-refractivity contribution >= 4 is 23.0 Å². The predicted octanol–water partition coefficient (Wildman–Crippen LogP) is 5.58. The van der Waals surface area contributed by atoms with Crippen molar-refractivity contribution in [2.45, 2.75) is 13.3 Å². The Morgan fingerprint density at radius 3 is 2.50 bits per heavy atom. The first kappa shape index (κ1) is 16.1. The zero-order chi connectivity index (χ0) is 16.9. The number of aromatic nitrogens is 1. The van der Waals surface area contributed by atoms with Gasteiger partial charge in [-0.2, -0.15) is 5.26 Å². The Bertz CT molecular complexity index is 900.